The standard InChI is InChI=1S/C22H26F3N3O2/c1-13-9-10-16-20(13)26-28(21(16)22(23,24)25)12-19(29)27-11-5-7-17(27)15-6-4-8-18(30-3)14(15)2/h4,6,8,13,17H,5,7,9-12H2,1-3H3/t13-,17+/m1/s1. The first-order valence-electron chi connectivity index (χ1n) is 10.3. The highest BCUT2D eigenvalue weighted by atomic mass is 19.4. The van der Waals surface area contributed by atoms with Gasteiger partial charge < -0.3 is 9.64 Å². The minimum absolute atomic E-state index is 0.0172. The lowest BCUT2D eigenvalue weighted by molar-refractivity contribution is -0.146. The van der Waals surface area contributed by atoms with Gasteiger partial charge in [-0.3, -0.25) is 9.48 Å². The zero-order valence-corrected chi connectivity index (χ0v) is 17.4. The number of fused-ring (bicyclic) bond motifs is 1. The molecule has 0 N–H and O–H groups in total. The summed E-state index contributed by atoms with van der Waals surface area (Å²) in [4.78, 5) is 14.8. The molecule has 0 bridgehead atoms. The second-order valence-corrected chi connectivity index (χ2v) is 8.23. The van der Waals surface area contributed by atoms with E-state index in [0.717, 1.165) is 34.4 Å². The number of alkyl halides is 3. The highest BCUT2D eigenvalue weighted by Gasteiger charge is 2.43. The Hall–Kier alpha value is -2.51. The van der Waals surface area contributed by atoms with Crippen molar-refractivity contribution in [3.8, 4) is 5.75 Å². The van der Waals surface area contributed by atoms with Crippen LogP contribution in [0.15, 0.2) is 18.2 Å². The number of benzene rings is 1. The van der Waals surface area contributed by atoms with Crippen molar-refractivity contribution in [2.24, 2.45) is 0 Å². The normalized spacial score (nSPS) is 21.2. The van der Waals surface area contributed by atoms with Crippen LogP contribution in [-0.2, 0) is 23.9 Å². The van der Waals surface area contributed by atoms with Crippen molar-refractivity contribution in [2.45, 2.75) is 64.2 Å². The van der Waals surface area contributed by atoms with Gasteiger partial charge in [-0.1, -0.05) is 19.1 Å². The fourth-order valence-corrected chi connectivity index (χ4v) is 4.91. The molecule has 1 aromatic heterocycles. The average molecular weight is 421 g/mol. The van der Waals surface area contributed by atoms with Crippen molar-refractivity contribution in [1.82, 2.24) is 14.7 Å². The molecule has 1 amide bonds. The monoisotopic (exact) mass is 421 g/mol. The molecule has 2 heterocycles. The largest absolute Gasteiger partial charge is 0.496 e. The van der Waals surface area contributed by atoms with Gasteiger partial charge in [0, 0.05) is 18.0 Å². The number of rotatable bonds is 4. The number of hydrogen-bond acceptors (Lipinski definition) is 3. The summed E-state index contributed by atoms with van der Waals surface area (Å²) < 4.78 is 47.6. The molecular weight excluding hydrogens is 395 g/mol. The van der Waals surface area contributed by atoms with Crippen molar-refractivity contribution in [2.75, 3.05) is 13.7 Å². The van der Waals surface area contributed by atoms with Gasteiger partial charge in [0.05, 0.1) is 18.8 Å². The van der Waals surface area contributed by atoms with E-state index in [9.17, 15) is 18.0 Å². The second kappa shape index (κ2) is 7.63. The summed E-state index contributed by atoms with van der Waals surface area (Å²) >= 11 is 0. The summed E-state index contributed by atoms with van der Waals surface area (Å²) in [5.41, 5.74) is 1.91. The maximum Gasteiger partial charge on any atom is 0.433 e. The second-order valence-electron chi connectivity index (χ2n) is 8.23. The van der Waals surface area contributed by atoms with E-state index in [4.69, 9.17) is 4.74 Å². The first-order valence-corrected chi connectivity index (χ1v) is 10.3. The average Bonchev–Trinajstić information content (AvgIpc) is 3.38. The molecule has 162 valence electrons. The van der Waals surface area contributed by atoms with E-state index in [1.165, 1.54) is 0 Å². The highest BCUT2D eigenvalue weighted by molar-refractivity contribution is 5.77. The first kappa shape index (κ1) is 20.8. The molecule has 0 radical (unpaired) electrons. The van der Waals surface area contributed by atoms with Crippen molar-refractivity contribution < 1.29 is 22.7 Å². The molecule has 0 spiro atoms. The fourth-order valence-electron chi connectivity index (χ4n) is 4.91. The summed E-state index contributed by atoms with van der Waals surface area (Å²) in [7, 11) is 1.60. The summed E-state index contributed by atoms with van der Waals surface area (Å²) in [5.74, 6) is 0.388. The van der Waals surface area contributed by atoms with E-state index < -0.39 is 18.4 Å². The molecule has 1 aromatic carbocycles. The maximum atomic E-state index is 13.8. The van der Waals surface area contributed by atoms with Gasteiger partial charge in [0.2, 0.25) is 5.91 Å². The third kappa shape index (κ3) is 3.46. The topological polar surface area (TPSA) is 47.4 Å². The third-order valence-corrected chi connectivity index (χ3v) is 6.41. The Morgan fingerprint density at radius 3 is 2.77 bits per heavy atom. The van der Waals surface area contributed by atoms with E-state index >= 15 is 0 Å². The van der Waals surface area contributed by atoms with Crippen LogP contribution < -0.4 is 4.74 Å². The molecular formula is C22H26F3N3O2. The number of aromatic nitrogens is 2. The first-order chi connectivity index (χ1) is 14.2. The lowest BCUT2D eigenvalue weighted by Crippen LogP contribution is -2.35. The SMILES string of the molecule is COc1cccc([C@@H]2CCCN2C(=O)Cn2nc3c(c2C(F)(F)F)CC[C@H]3C)c1C. The van der Waals surface area contributed by atoms with Crippen molar-refractivity contribution >= 4 is 5.91 Å². The van der Waals surface area contributed by atoms with Crippen molar-refractivity contribution in [3.05, 3.63) is 46.3 Å². The molecule has 2 atom stereocenters. The van der Waals surface area contributed by atoms with Crippen LogP contribution in [0.1, 0.15) is 66.2 Å². The van der Waals surface area contributed by atoms with Gasteiger partial charge in [0.15, 0.2) is 0 Å². The van der Waals surface area contributed by atoms with Crippen LogP contribution in [0.3, 0.4) is 0 Å². The van der Waals surface area contributed by atoms with E-state index in [0.29, 0.717) is 25.1 Å². The Morgan fingerprint density at radius 1 is 1.30 bits per heavy atom. The Labute approximate surface area is 173 Å². The Bertz CT molecular complexity index is 967. The van der Waals surface area contributed by atoms with Crippen LogP contribution in [-0.4, -0.2) is 34.2 Å². The summed E-state index contributed by atoms with van der Waals surface area (Å²) in [6, 6.07) is 5.54. The Morgan fingerprint density at radius 2 is 2.07 bits per heavy atom. The number of likely N-dealkylation sites (tertiary alicyclic amines) is 1. The molecule has 0 saturated carbocycles. The minimum Gasteiger partial charge on any atom is -0.496 e. The van der Waals surface area contributed by atoms with Gasteiger partial charge in [0.1, 0.15) is 18.0 Å². The van der Waals surface area contributed by atoms with Gasteiger partial charge in [-0.25, -0.2) is 0 Å². The molecule has 30 heavy (non-hydrogen) atoms. The fraction of sp³-hybridized carbons (Fsp3) is 0.545. The number of amides is 1. The molecule has 2 aromatic rings. The quantitative estimate of drug-likeness (QED) is 0.723. The molecule has 8 heteroatoms. The molecule has 1 fully saturated rings. The van der Waals surface area contributed by atoms with Gasteiger partial charge >= 0.3 is 6.18 Å². The lowest BCUT2D eigenvalue weighted by Gasteiger charge is -2.27. The predicted molar refractivity (Wildman–Crippen MR) is 105 cm³/mol. The minimum atomic E-state index is -4.53. The zero-order valence-electron chi connectivity index (χ0n) is 17.4. The van der Waals surface area contributed by atoms with Gasteiger partial charge in [0.25, 0.3) is 0 Å². The molecule has 1 aliphatic heterocycles. The number of carbonyl (C=O) groups is 1. The number of nitrogens with zero attached hydrogens (tertiary/aromatic N) is 3. The Balaban J connectivity index is 1.63. The maximum absolute atomic E-state index is 13.8. The van der Waals surface area contributed by atoms with Gasteiger partial charge in [-0.05, 0) is 49.8 Å². The highest BCUT2D eigenvalue weighted by Crippen LogP contribution is 2.42. The summed E-state index contributed by atoms with van der Waals surface area (Å²) in [6.07, 6.45) is -1.92. The summed E-state index contributed by atoms with van der Waals surface area (Å²) in [5, 5.41) is 4.22. The number of halogens is 3. The molecule has 4 rings (SSSR count). The molecule has 1 aliphatic carbocycles. The van der Waals surface area contributed by atoms with E-state index in [-0.39, 0.29) is 23.4 Å². The number of carbonyl (C=O) groups excluding carboxylic acids is 1. The number of ether oxygens (including phenoxy) is 1. The molecule has 5 nitrogen and oxygen atoms in total. The third-order valence-electron chi connectivity index (χ3n) is 6.41. The van der Waals surface area contributed by atoms with Crippen LogP contribution in [0.25, 0.3) is 0 Å². The molecule has 2 aliphatic rings. The Kier molecular flexibility index (Phi) is 5.28. The van der Waals surface area contributed by atoms with Crippen LogP contribution in [0, 0.1) is 6.92 Å². The number of methoxy groups -OCH3 is 1. The van der Waals surface area contributed by atoms with E-state index in [2.05, 4.69) is 5.10 Å². The van der Waals surface area contributed by atoms with Gasteiger partial charge in [-0.2, -0.15) is 18.3 Å². The van der Waals surface area contributed by atoms with Gasteiger partial charge in [-0.15, -0.1) is 0 Å². The van der Waals surface area contributed by atoms with Crippen LogP contribution in [0.5, 0.6) is 5.75 Å². The summed E-state index contributed by atoms with van der Waals surface area (Å²) in [6.45, 7) is 3.95. The molecule has 1 saturated heterocycles. The van der Waals surface area contributed by atoms with Crippen molar-refractivity contribution in [1.29, 1.82) is 0 Å². The van der Waals surface area contributed by atoms with E-state index in [1.54, 1.807) is 12.0 Å². The van der Waals surface area contributed by atoms with Crippen LogP contribution in [0.2, 0.25) is 0 Å². The van der Waals surface area contributed by atoms with Crippen LogP contribution in [0.4, 0.5) is 13.2 Å². The van der Waals surface area contributed by atoms with Crippen molar-refractivity contribution in [3.63, 3.8) is 0 Å². The van der Waals surface area contributed by atoms with Crippen LogP contribution >= 0.6 is 0 Å². The molecule has 0 unspecified atom stereocenters. The predicted octanol–water partition coefficient (Wildman–Crippen LogP) is 4.63. The number of hydrogen-bond donors (Lipinski definition) is 0. The van der Waals surface area contributed by atoms with E-state index in [1.807, 2.05) is 32.0 Å². The lowest BCUT2D eigenvalue weighted by atomic mass is 9.98. The smallest absolute Gasteiger partial charge is 0.433 e. The zero-order chi connectivity index (χ0) is 21.6.